The molecule has 0 fully saturated rings. The summed E-state index contributed by atoms with van der Waals surface area (Å²) in [6, 6.07) is 3.12. The van der Waals surface area contributed by atoms with Gasteiger partial charge in [0.15, 0.2) is 11.5 Å². The molecule has 0 spiro atoms. The third-order valence-corrected chi connectivity index (χ3v) is 3.89. The van der Waals surface area contributed by atoms with E-state index in [0.29, 0.717) is 31.3 Å². The molecule has 1 atom stereocenters. The highest BCUT2D eigenvalue weighted by Gasteiger charge is 2.29. The van der Waals surface area contributed by atoms with Crippen molar-refractivity contribution in [2.24, 2.45) is 0 Å². The lowest BCUT2D eigenvalue weighted by molar-refractivity contribution is -0.136. The standard InChI is InChI=1S/C14H17BrF3NO2/c1-2-19-11(3-4-14(16,17)18)9-7-12-13(8-10(9)15)21-6-5-20-12/h7-8,11,19H,2-6H2,1H3. The third kappa shape index (κ3) is 4.51. The largest absolute Gasteiger partial charge is 0.486 e. The second-order valence-electron chi connectivity index (χ2n) is 4.78. The number of benzene rings is 1. The number of nitrogens with one attached hydrogen (secondary N) is 1. The van der Waals surface area contributed by atoms with Crippen molar-refractivity contribution in [1.29, 1.82) is 0 Å². The average molecular weight is 368 g/mol. The van der Waals surface area contributed by atoms with Crippen LogP contribution in [0.4, 0.5) is 13.2 Å². The molecule has 118 valence electrons. The first-order valence-corrected chi connectivity index (χ1v) is 7.59. The van der Waals surface area contributed by atoms with Crippen molar-refractivity contribution in [2.75, 3.05) is 19.8 Å². The highest BCUT2D eigenvalue weighted by molar-refractivity contribution is 9.10. The topological polar surface area (TPSA) is 30.5 Å². The smallest absolute Gasteiger partial charge is 0.389 e. The van der Waals surface area contributed by atoms with Crippen molar-refractivity contribution in [3.05, 3.63) is 22.2 Å². The highest BCUT2D eigenvalue weighted by atomic mass is 79.9. The van der Waals surface area contributed by atoms with Gasteiger partial charge in [-0.05, 0) is 30.7 Å². The molecule has 1 aromatic rings. The van der Waals surface area contributed by atoms with Crippen molar-refractivity contribution in [1.82, 2.24) is 5.32 Å². The fourth-order valence-electron chi connectivity index (χ4n) is 2.27. The molecule has 1 heterocycles. The molecule has 1 N–H and O–H groups in total. The number of ether oxygens (including phenoxy) is 2. The van der Waals surface area contributed by atoms with Crippen LogP contribution in [0.25, 0.3) is 0 Å². The molecule has 3 nitrogen and oxygen atoms in total. The van der Waals surface area contributed by atoms with E-state index in [4.69, 9.17) is 9.47 Å². The molecule has 0 aromatic heterocycles. The van der Waals surface area contributed by atoms with Crippen LogP contribution in [0.15, 0.2) is 16.6 Å². The predicted molar refractivity (Wildman–Crippen MR) is 76.8 cm³/mol. The van der Waals surface area contributed by atoms with Crippen LogP contribution in [-0.2, 0) is 0 Å². The van der Waals surface area contributed by atoms with Crippen LogP contribution >= 0.6 is 15.9 Å². The molecular weight excluding hydrogens is 351 g/mol. The first kappa shape index (κ1) is 16.4. The molecular formula is C14H17BrF3NO2. The Hall–Kier alpha value is -0.950. The Morgan fingerprint density at radius 3 is 2.43 bits per heavy atom. The summed E-state index contributed by atoms with van der Waals surface area (Å²) in [5.41, 5.74) is 0.755. The summed E-state index contributed by atoms with van der Waals surface area (Å²) in [6.45, 7) is 3.38. The molecule has 2 rings (SSSR count). The van der Waals surface area contributed by atoms with Gasteiger partial charge in [0.05, 0.1) is 0 Å². The van der Waals surface area contributed by atoms with Gasteiger partial charge in [0, 0.05) is 16.9 Å². The minimum atomic E-state index is -4.16. The monoisotopic (exact) mass is 367 g/mol. The second kappa shape index (κ2) is 6.87. The Morgan fingerprint density at radius 2 is 1.86 bits per heavy atom. The summed E-state index contributed by atoms with van der Waals surface area (Å²) in [4.78, 5) is 0. The van der Waals surface area contributed by atoms with E-state index in [1.807, 2.05) is 6.92 Å². The van der Waals surface area contributed by atoms with Gasteiger partial charge in [-0.3, -0.25) is 0 Å². The van der Waals surface area contributed by atoms with Crippen molar-refractivity contribution >= 4 is 15.9 Å². The van der Waals surface area contributed by atoms with E-state index < -0.39 is 12.6 Å². The van der Waals surface area contributed by atoms with Crippen molar-refractivity contribution in [2.45, 2.75) is 32.0 Å². The number of halogens is 4. The van der Waals surface area contributed by atoms with E-state index in [1.54, 1.807) is 12.1 Å². The minimum absolute atomic E-state index is 0.0183. The lowest BCUT2D eigenvalue weighted by atomic mass is 10.0. The molecule has 0 bridgehead atoms. The van der Waals surface area contributed by atoms with Crippen LogP contribution in [0.2, 0.25) is 0 Å². The molecule has 0 aliphatic carbocycles. The lowest BCUT2D eigenvalue weighted by Crippen LogP contribution is -2.24. The molecule has 0 radical (unpaired) electrons. The first-order chi connectivity index (χ1) is 9.90. The molecule has 0 saturated carbocycles. The Morgan fingerprint density at radius 1 is 1.24 bits per heavy atom. The number of hydrogen-bond donors (Lipinski definition) is 1. The van der Waals surface area contributed by atoms with E-state index in [9.17, 15) is 13.2 Å². The number of alkyl halides is 3. The maximum atomic E-state index is 12.5. The summed E-state index contributed by atoms with van der Waals surface area (Å²) in [5, 5.41) is 3.09. The Bertz CT molecular complexity index is 494. The van der Waals surface area contributed by atoms with Crippen LogP contribution in [0.1, 0.15) is 31.4 Å². The van der Waals surface area contributed by atoms with E-state index >= 15 is 0 Å². The van der Waals surface area contributed by atoms with Crippen molar-refractivity contribution in [3.8, 4) is 11.5 Å². The first-order valence-electron chi connectivity index (χ1n) is 6.80. The summed E-state index contributed by atoms with van der Waals surface area (Å²) in [5.74, 6) is 1.19. The van der Waals surface area contributed by atoms with E-state index in [1.165, 1.54) is 0 Å². The Balaban J connectivity index is 2.22. The second-order valence-corrected chi connectivity index (χ2v) is 5.64. The van der Waals surface area contributed by atoms with Gasteiger partial charge in [0.25, 0.3) is 0 Å². The quantitative estimate of drug-likeness (QED) is 0.845. The zero-order valence-electron chi connectivity index (χ0n) is 11.6. The number of hydrogen-bond acceptors (Lipinski definition) is 3. The zero-order valence-corrected chi connectivity index (χ0v) is 13.2. The van der Waals surface area contributed by atoms with Crippen molar-refractivity contribution in [3.63, 3.8) is 0 Å². The van der Waals surface area contributed by atoms with Crippen LogP contribution in [0, 0.1) is 0 Å². The maximum absolute atomic E-state index is 12.5. The van der Waals surface area contributed by atoms with E-state index in [2.05, 4.69) is 21.2 Å². The van der Waals surface area contributed by atoms with Gasteiger partial charge in [0.2, 0.25) is 0 Å². The molecule has 1 aliphatic heterocycles. The van der Waals surface area contributed by atoms with Gasteiger partial charge in [0.1, 0.15) is 13.2 Å². The normalized spacial score (nSPS) is 15.9. The summed E-state index contributed by atoms with van der Waals surface area (Å²) in [7, 11) is 0. The highest BCUT2D eigenvalue weighted by Crippen LogP contribution is 2.39. The lowest BCUT2D eigenvalue weighted by Gasteiger charge is -2.24. The summed E-state index contributed by atoms with van der Waals surface area (Å²) >= 11 is 3.41. The van der Waals surface area contributed by atoms with E-state index in [0.717, 1.165) is 10.0 Å². The molecule has 0 amide bonds. The molecule has 0 saturated heterocycles. The maximum Gasteiger partial charge on any atom is 0.389 e. The van der Waals surface area contributed by atoms with Gasteiger partial charge >= 0.3 is 6.18 Å². The van der Waals surface area contributed by atoms with Gasteiger partial charge in [-0.15, -0.1) is 0 Å². The molecule has 1 aromatic carbocycles. The van der Waals surface area contributed by atoms with Crippen LogP contribution < -0.4 is 14.8 Å². The van der Waals surface area contributed by atoms with Crippen molar-refractivity contribution < 1.29 is 22.6 Å². The zero-order chi connectivity index (χ0) is 15.5. The van der Waals surface area contributed by atoms with Crippen LogP contribution in [0.5, 0.6) is 11.5 Å². The number of fused-ring (bicyclic) bond motifs is 1. The summed E-state index contributed by atoms with van der Waals surface area (Å²) < 4.78 is 49.1. The van der Waals surface area contributed by atoms with Gasteiger partial charge < -0.3 is 14.8 Å². The van der Waals surface area contributed by atoms with Crippen LogP contribution in [0.3, 0.4) is 0 Å². The molecule has 1 unspecified atom stereocenters. The van der Waals surface area contributed by atoms with Gasteiger partial charge in [-0.25, -0.2) is 0 Å². The fraction of sp³-hybridized carbons (Fsp3) is 0.571. The minimum Gasteiger partial charge on any atom is -0.486 e. The SMILES string of the molecule is CCNC(CCC(F)(F)F)c1cc2c(cc1Br)OCCO2. The molecule has 21 heavy (non-hydrogen) atoms. The number of rotatable bonds is 5. The molecule has 1 aliphatic rings. The van der Waals surface area contributed by atoms with Gasteiger partial charge in [-0.2, -0.15) is 13.2 Å². The van der Waals surface area contributed by atoms with Crippen LogP contribution in [-0.4, -0.2) is 25.9 Å². The Labute approximate surface area is 129 Å². The molecule has 7 heteroatoms. The predicted octanol–water partition coefficient (Wildman–Crippen LogP) is 4.21. The summed E-state index contributed by atoms with van der Waals surface area (Å²) in [6.07, 6.45) is -5.00. The Kier molecular flexibility index (Phi) is 5.37. The van der Waals surface area contributed by atoms with E-state index in [-0.39, 0.29) is 12.5 Å². The van der Waals surface area contributed by atoms with Gasteiger partial charge in [-0.1, -0.05) is 22.9 Å². The average Bonchev–Trinajstić information content (AvgIpc) is 2.42. The third-order valence-electron chi connectivity index (χ3n) is 3.20. The fourth-order valence-corrected chi connectivity index (χ4v) is 2.87.